The largest absolute Gasteiger partial charge is 0.341 e. The van der Waals surface area contributed by atoms with Gasteiger partial charge in [0.15, 0.2) is 0 Å². The zero-order valence-electron chi connectivity index (χ0n) is 13.3. The number of nitrogens with zero attached hydrogens (tertiary/aromatic N) is 2. The smallest absolute Gasteiger partial charge is 0.318 e. The van der Waals surface area contributed by atoms with E-state index in [-0.39, 0.29) is 18.5 Å². The average Bonchev–Trinajstić information content (AvgIpc) is 2.96. The van der Waals surface area contributed by atoms with E-state index < -0.39 is 0 Å². The second kappa shape index (κ2) is 5.74. The molecule has 4 bridgehead atoms. The summed E-state index contributed by atoms with van der Waals surface area (Å²) in [4.78, 5) is 28.6. The van der Waals surface area contributed by atoms with E-state index in [4.69, 9.17) is 0 Å². The second-order valence-corrected chi connectivity index (χ2v) is 7.83. The van der Waals surface area contributed by atoms with Crippen LogP contribution in [-0.2, 0) is 4.79 Å². The van der Waals surface area contributed by atoms with Crippen LogP contribution in [0.15, 0.2) is 0 Å². The fourth-order valence-corrected chi connectivity index (χ4v) is 5.36. The van der Waals surface area contributed by atoms with Gasteiger partial charge in [0.2, 0.25) is 5.91 Å². The van der Waals surface area contributed by atoms with Crippen molar-refractivity contribution in [1.82, 2.24) is 15.1 Å². The molecule has 5 rings (SSSR count). The molecule has 0 aromatic heterocycles. The fourth-order valence-electron chi connectivity index (χ4n) is 5.36. The van der Waals surface area contributed by atoms with Gasteiger partial charge in [-0.15, -0.1) is 0 Å². The van der Waals surface area contributed by atoms with Crippen molar-refractivity contribution in [2.75, 3.05) is 26.2 Å². The summed E-state index contributed by atoms with van der Waals surface area (Å²) in [6.07, 6.45) is 8.56. The molecule has 2 unspecified atom stereocenters. The summed E-state index contributed by atoms with van der Waals surface area (Å²) >= 11 is 0. The van der Waals surface area contributed by atoms with Crippen LogP contribution in [0.1, 0.15) is 44.9 Å². The Morgan fingerprint density at radius 3 is 2.23 bits per heavy atom. The van der Waals surface area contributed by atoms with Gasteiger partial charge in [0.25, 0.3) is 0 Å². The fraction of sp³-hybridized carbons (Fsp3) is 0.882. The van der Waals surface area contributed by atoms with Gasteiger partial charge in [-0.1, -0.05) is 0 Å². The maximum atomic E-state index is 12.6. The number of rotatable bonds is 2. The maximum absolute atomic E-state index is 12.6. The van der Waals surface area contributed by atoms with Gasteiger partial charge >= 0.3 is 6.03 Å². The Balaban J connectivity index is 1.35. The summed E-state index contributed by atoms with van der Waals surface area (Å²) in [5.41, 5.74) is 0. The summed E-state index contributed by atoms with van der Waals surface area (Å²) in [5.74, 6) is 2.45. The zero-order valence-corrected chi connectivity index (χ0v) is 13.3. The first-order valence-electron chi connectivity index (χ1n) is 9.01. The van der Waals surface area contributed by atoms with Crippen LogP contribution < -0.4 is 5.32 Å². The number of amides is 3. The van der Waals surface area contributed by atoms with E-state index in [9.17, 15) is 9.59 Å². The van der Waals surface area contributed by atoms with Crippen LogP contribution in [-0.4, -0.2) is 54.0 Å². The van der Waals surface area contributed by atoms with E-state index in [0.29, 0.717) is 12.0 Å². The zero-order chi connectivity index (χ0) is 15.1. The van der Waals surface area contributed by atoms with Crippen molar-refractivity contribution in [3.63, 3.8) is 0 Å². The third kappa shape index (κ3) is 2.70. The van der Waals surface area contributed by atoms with E-state index >= 15 is 0 Å². The molecule has 1 N–H and O–H groups in total. The van der Waals surface area contributed by atoms with E-state index in [1.807, 2.05) is 4.90 Å². The van der Waals surface area contributed by atoms with Crippen LogP contribution in [0.4, 0.5) is 4.79 Å². The van der Waals surface area contributed by atoms with Crippen molar-refractivity contribution in [2.24, 2.45) is 17.8 Å². The van der Waals surface area contributed by atoms with E-state index in [0.717, 1.165) is 44.3 Å². The quantitative estimate of drug-likeness (QED) is 0.846. The molecule has 2 saturated carbocycles. The van der Waals surface area contributed by atoms with Crippen LogP contribution in [0.3, 0.4) is 0 Å². The molecule has 0 radical (unpaired) electrons. The van der Waals surface area contributed by atoms with Gasteiger partial charge in [0, 0.05) is 25.7 Å². The molecule has 3 aliphatic heterocycles. The van der Waals surface area contributed by atoms with Gasteiger partial charge in [0.05, 0.1) is 6.54 Å². The first kappa shape index (κ1) is 14.3. The number of hydrogen-bond donors (Lipinski definition) is 1. The first-order valence-corrected chi connectivity index (χ1v) is 9.01. The van der Waals surface area contributed by atoms with Gasteiger partial charge in [-0.2, -0.15) is 0 Å². The molecule has 5 aliphatic rings. The number of carbonyl (C=O) groups excluding carboxylic acids is 2. The highest BCUT2D eigenvalue weighted by molar-refractivity contribution is 5.84. The standard InChI is InChI=1S/C17H27N3O2/c21-16(19-3-1-2-4-19)10-18-17(22)20-11-14-6-12-5-13(7-14)9-15(20)8-12/h12-15H,1-11H2,(H,18,22)/t12-,13+,14?,15?. The average molecular weight is 305 g/mol. The molecule has 5 fully saturated rings. The van der Waals surface area contributed by atoms with E-state index in [1.54, 1.807) is 0 Å². The number of fused-ring (bicyclic) bond motifs is 1. The predicted molar refractivity (Wildman–Crippen MR) is 83.3 cm³/mol. The van der Waals surface area contributed by atoms with Gasteiger partial charge in [-0.3, -0.25) is 4.79 Å². The highest BCUT2D eigenvalue weighted by Gasteiger charge is 2.44. The lowest BCUT2D eigenvalue weighted by Crippen LogP contribution is -2.49. The van der Waals surface area contributed by atoms with Crippen molar-refractivity contribution in [1.29, 1.82) is 0 Å². The lowest BCUT2D eigenvalue weighted by atomic mass is 9.68. The van der Waals surface area contributed by atoms with Crippen molar-refractivity contribution < 1.29 is 9.59 Å². The molecule has 4 atom stereocenters. The minimum atomic E-state index is -0.00857. The van der Waals surface area contributed by atoms with Gasteiger partial charge < -0.3 is 15.1 Å². The van der Waals surface area contributed by atoms with Crippen LogP contribution in [0.25, 0.3) is 0 Å². The molecular weight excluding hydrogens is 278 g/mol. The van der Waals surface area contributed by atoms with Crippen LogP contribution >= 0.6 is 0 Å². The molecule has 5 heteroatoms. The van der Waals surface area contributed by atoms with Crippen LogP contribution in [0.2, 0.25) is 0 Å². The van der Waals surface area contributed by atoms with Crippen molar-refractivity contribution >= 4 is 11.9 Å². The minimum Gasteiger partial charge on any atom is -0.341 e. The van der Waals surface area contributed by atoms with Crippen molar-refractivity contribution in [2.45, 2.75) is 51.0 Å². The Kier molecular flexibility index (Phi) is 3.74. The van der Waals surface area contributed by atoms with E-state index in [1.165, 1.54) is 32.1 Å². The van der Waals surface area contributed by atoms with Gasteiger partial charge in [-0.05, 0) is 62.7 Å². The number of urea groups is 1. The summed E-state index contributed by atoms with van der Waals surface area (Å²) in [6, 6.07) is 0.406. The van der Waals surface area contributed by atoms with Gasteiger partial charge in [0.1, 0.15) is 0 Å². The highest BCUT2D eigenvalue weighted by atomic mass is 16.2. The number of nitrogens with one attached hydrogen (secondary N) is 1. The molecule has 0 aromatic rings. The molecule has 0 spiro atoms. The van der Waals surface area contributed by atoms with Crippen molar-refractivity contribution in [3.05, 3.63) is 0 Å². The lowest BCUT2D eigenvalue weighted by Gasteiger charge is -2.38. The molecule has 3 saturated heterocycles. The van der Waals surface area contributed by atoms with E-state index in [2.05, 4.69) is 10.2 Å². The molecule has 3 heterocycles. The Bertz CT molecular complexity index is 447. The lowest BCUT2D eigenvalue weighted by molar-refractivity contribution is -0.129. The molecule has 3 amide bonds. The molecule has 122 valence electrons. The first-order chi connectivity index (χ1) is 10.7. The molecular formula is C17H27N3O2. The topological polar surface area (TPSA) is 52.7 Å². The Morgan fingerprint density at radius 2 is 1.55 bits per heavy atom. The third-order valence-electron chi connectivity index (χ3n) is 6.22. The highest BCUT2D eigenvalue weighted by Crippen LogP contribution is 2.47. The SMILES string of the molecule is O=C(CNC(=O)N1CC2C[C@@H]3CC1C[C@H](C2)C3)N1CCCC1. The normalized spacial score (nSPS) is 36.5. The summed E-state index contributed by atoms with van der Waals surface area (Å²) in [5, 5.41) is 2.89. The Morgan fingerprint density at radius 1 is 0.909 bits per heavy atom. The number of likely N-dealkylation sites (tertiary alicyclic amines) is 1. The third-order valence-corrected chi connectivity index (χ3v) is 6.22. The molecule has 22 heavy (non-hydrogen) atoms. The van der Waals surface area contributed by atoms with Gasteiger partial charge in [-0.25, -0.2) is 4.79 Å². The number of carbonyl (C=O) groups is 2. The second-order valence-electron chi connectivity index (χ2n) is 7.83. The van der Waals surface area contributed by atoms with Crippen LogP contribution in [0.5, 0.6) is 0 Å². The maximum Gasteiger partial charge on any atom is 0.318 e. The molecule has 0 aromatic carbocycles. The Labute approximate surface area is 132 Å². The summed E-state index contributed by atoms with van der Waals surface area (Å²) in [7, 11) is 0. The molecule has 2 aliphatic carbocycles. The monoisotopic (exact) mass is 305 g/mol. The predicted octanol–water partition coefficient (Wildman–Crippen LogP) is 1.83. The minimum absolute atomic E-state index is 0.00857. The Hall–Kier alpha value is -1.26. The van der Waals surface area contributed by atoms with Crippen LogP contribution in [0, 0.1) is 17.8 Å². The molecule has 5 nitrogen and oxygen atoms in total. The summed E-state index contributed by atoms with van der Waals surface area (Å²) < 4.78 is 0. The van der Waals surface area contributed by atoms with Crippen molar-refractivity contribution in [3.8, 4) is 0 Å². The summed E-state index contributed by atoms with van der Waals surface area (Å²) in [6.45, 7) is 2.78. The number of hydrogen-bond acceptors (Lipinski definition) is 2.